The van der Waals surface area contributed by atoms with Gasteiger partial charge in [-0.2, -0.15) is 0 Å². The van der Waals surface area contributed by atoms with Crippen molar-refractivity contribution in [3.05, 3.63) is 61.1 Å². The Morgan fingerprint density at radius 3 is 2.51 bits per heavy atom. The monoisotopic (exact) mass is 614 g/mol. The molecule has 0 spiro atoms. The summed E-state index contributed by atoms with van der Waals surface area (Å²) >= 11 is 0. The van der Waals surface area contributed by atoms with Crippen molar-refractivity contribution in [2.45, 2.75) is 91.2 Å². The van der Waals surface area contributed by atoms with Crippen LogP contribution in [0.25, 0.3) is 11.3 Å². The van der Waals surface area contributed by atoms with Gasteiger partial charge in [0.15, 0.2) is 0 Å². The number of carbonyl (C=O) groups excluding carboxylic acids is 2. The molecular formula is C32H50N4O6Si. The number of allylic oxidation sites excluding steroid dienone is 1. The fourth-order valence-corrected chi connectivity index (χ4v) is 4.70. The first-order valence-corrected chi connectivity index (χ1v) is 18.4. The molecule has 0 bridgehead atoms. The molecule has 0 fully saturated rings. The fraction of sp³-hybridized carbons (Fsp3) is 0.531. The minimum atomic E-state index is -1.29. The minimum Gasteiger partial charge on any atom is -0.493 e. The molecule has 1 heterocycles. The zero-order valence-corrected chi connectivity index (χ0v) is 27.9. The molecule has 0 saturated heterocycles. The zero-order valence-electron chi connectivity index (χ0n) is 26.9. The molecule has 1 unspecified atom stereocenters. The third-order valence-corrected chi connectivity index (χ3v) is 8.08. The molecular weight excluding hydrogens is 564 g/mol. The number of primary amides is 1. The maximum Gasteiger partial charge on any atom is 0.408 e. The van der Waals surface area contributed by atoms with Gasteiger partial charge in [0.1, 0.15) is 30.5 Å². The predicted octanol–water partition coefficient (Wildman–Crippen LogP) is 7.19. The molecule has 43 heavy (non-hydrogen) atoms. The minimum absolute atomic E-state index is 0.0148. The summed E-state index contributed by atoms with van der Waals surface area (Å²) in [6.07, 6.45) is 5.31. The molecule has 1 aromatic carbocycles. The number of alkyl carbamates (subject to hydrolysis) is 1. The predicted molar refractivity (Wildman–Crippen MR) is 173 cm³/mol. The summed E-state index contributed by atoms with van der Waals surface area (Å²) in [4.78, 5) is 28.9. The highest BCUT2D eigenvalue weighted by molar-refractivity contribution is 6.76. The lowest BCUT2D eigenvalue weighted by Crippen LogP contribution is -2.36. The van der Waals surface area contributed by atoms with E-state index < -0.39 is 31.9 Å². The summed E-state index contributed by atoms with van der Waals surface area (Å²) < 4.78 is 24.7. The van der Waals surface area contributed by atoms with Crippen molar-refractivity contribution in [1.29, 1.82) is 0 Å². The van der Waals surface area contributed by atoms with Gasteiger partial charge >= 0.3 is 12.2 Å². The summed E-state index contributed by atoms with van der Waals surface area (Å²) in [6.45, 7) is 23.5. The molecule has 0 aliphatic rings. The molecule has 10 nitrogen and oxygen atoms in total. The van der Waals surface area contributed by atoms with E-state index in [4.69, 9.17) is 29.7 Å². The van der Waals surface area contributed by atoms with Gasteiger partial charge in [-0.25, -0.2) is 14.6 Å². The van der Waals surface area contributed by atoms with Gasteiger partial charge < -0.3 is 34.6 Å². The van der Waals surface area contributed by atoms with E-state index in [1.54, 1.807) is 6.08 Å². The van der Waals surface area contributed by atoms with Crippen molar-refractivity contribution >= 4 is 20.3 Å². The number of nitrogens with one attached hydrogen (secondary N) is 1. The third-order valence-electron chi connectivity index (χ3n) is 6.38. The summed E-state index contributed by atoms with van der Waals surface area (Å²) in [5, 5.41) is 2.95. The average molecular weight is 615 g/mol. The Labute approximate surface area is 257 Å². The second-order valence-electron chi connectivity index (χ2n) is 12.8. The van der Waals surface area contributed by atoms with Gasteiger partial charge in [-0.3, -0.25) is 0 Å². The Kier molecular flexibility index (Phi) is 13.5. The molecule has 238 valence electrons. The van der Waals surface area contributed by atoms with E-state index >= 15 is 0 Å². The van der Waals surface area contributed by atoms with E-state index in [2.05, 4.69) is 45.0 Å². The first-order valence-electron chi connectivity index (χ1n) is 14.7. The van der Waals surface area contributed by atoms with Gasteiger partial charge in [-0.05, 0) is 63.3 Å². The zero-order chi connectivity index (χ0) is 32.2. The summed E-state index contributed by atoms with van der Waals surface area (Å²) in [7, 11) is -1.29. The van der Waals surface area contributed by atoms with Crippen molar-refractivity contribution in [2.75, 3.05) is 13.2 Å². The Morgan fingerprint density at radius 1 is 1.19 bits per heavy atom. The van der Waals surface area contributed by atoms with Crippen LogP contribution < -0.4 is 15.8 Å². The lowest BCUT2D eigenvalue weighted by Gasteiger charge is -2.23. The Morgan fingerprint density at radius 2 is 1.91 bits per heavy atom. The second-order valence-corrected chi connectivity index (χ2v) is 18.4. The van der Waals surface area contributed by atoms with Gasteiger partial charge in [0.05, 0.1) is 18.3 Å². The third kappa shape index (κ3) is 13.1. The molecule has 0 radical (unpaired) electrons. The first kappa shape index (κ1) is 35.6. The molecule has 0 aliphatic carbocycles. The van der Waals surface area contributed by atoms with E-state index in [-0.39, 0.29) is 19.3 Å². The number of carbonyl (C=O) groups is 2. The number of hydrogen-bond acceptors (Lipinski definition) is 7. The number of nitrogens with two attached hydrogens (primary N) is 1. The van der Waals surface area contributed by atoms with Crippen molar-refractivity contribution < 1.29 is 28.5 Å². The number of benzene rings is 1. The number of ether oxygens (including phenoxy) is 4. The van der Waals surface area contributed by atoms with E-state index in [9.17, 15) is 9.59 Å². The van der Waals surface area contributed by atoms with Crippen LogP contribution >= 0.6 is 0 Å². The molecule has 2 aromatic rings. The topological polar surface area (TPSA) is 127 Å². The van der Waals surface area contributed by atoms with Crippen LogP contribution in [0.1, 0.15) is 58.0 Å². The normalized spacial score (nSPS) is 13.1. The van der Waals surface area contributed by atoms with Crippen LogP contribution in [0.2, 0.25) is 25.7 Å². The Balaban J connectivity index is 2.51. The van der Waals surface area contributed by atoms with Crippen LogP contribution in [0.5, 0.6) is 5.75 Å². The second kappa shape index (κ2) is 16.3. The molecule has 2 amide bonds. The standard InChI is InChI=1S/C32H50N4O6Si/c1-10-12-26(35-31(38)42-32(4,5)6)29-34-27(20-36(29)22-39-17-18-43(7,8)9)25-14-13-24(21-41-30(33)37)19-28(25)40-16-15-23(3)11-2/h10-11,13-14,19-20,23,26H,1-2,12,15-18,21-22H2,3-9H3,(H2,33,37)(H,35,38)/t23?,26-/m0/s1. The number of hydrogen-bond donors (Lipinski definition) is 2. The van der Waals surface area contributed by atoms with Crippen molar-refractivity contribution in [3.8, 4) is 17.0 Å². The summed E-state index contributed by atoms with van der Waals surface area (Å²) in [5.41, 5.74) is 6.62. The highest BCUT2D eigenvalue weighted by Crippen LogP contribution is 2.33. The van der Waals surface area contributed by atoms with Gasteiger partial charge in [0, 0.05) is 26.4 Å². The Hall–Kier alpha value is -3.57. The van der Waals surface area contributed by atoms with Crippen molar-refractivity contribution in [3.63, 3.8) is 0 Å². The SMILES string of the molecule is C=CC[C@H](NC(=O)OC(C)(C)C)c1nc(-c2ccc(COC(N)=O)cc2OCCC(C)C=C)cn1COCC[Si](C)(C)C. The quantitative estimate of drug-likeness (QED) is 0.110. The van der Waals surface area contributed by atoms with E-state index in [0.717, 1.165) is 23.6 Å². The highest BCUT2D eigenvalue weighted by atomic mass is 28.3. The smallest absolute Gasteiger partial charge is 0.408 e. The fourth-order valence-electron chi connectivity index (χ4n) is 3.94. The average Bonchev–Trinajstić information content (AvgIpc) is 3.32. The molecule has 3 N–H and O–H groups in total. The van der Waals surface area contributed by atoms with Gasteiger partial charge in [-0.15, -0.1) is 13.2 Å². The lowest BCUT2D eigenvalue weighted by molar-refractivity contribution is 0.0492. The van der Waals surface area contributed by atoms with Crippen LogP contribution in [0.3, 0.4) is 0 Å². The molecule has 0 saturated carbocycles. The number of rotatable bonds is 17. The first-order chi connectivity index (χ1) is 20.1. The van der Waals surface area contributed by atoms with E-state index in [0.29, 0.717) is 36.9 Å². The van der Waals surface area contributed by atoms with Crippen LogP contribution in [0, 0.1) is 5.92 Å². The van der Waals surface area contributed by atoms with Crippen LogP contribution in [-0.4, -0.2) is 48.6 Å². The molecule has 1 aromatic heterocycles. The number of aromatic nitrogens is 2. The number of nitrogens with zero attached hydrogens (tertiary/aromatic N) is 2. The maximum absolute atomic E-state index is 12.8. The lowest BCUT2D eigenvalue weighted by atomic mass is 10.1. The van der Waals surface area contributed by atoms with Gasteiger partial charge in [0.25, 0.3) is 0 Å². The molecule has 11 heteroatoms. The van der Waals surface area contributed by atoms with Gasteiger partial charge in [-0.1, -0.05) is 44.8 Å². The summed E-state index contributed by atoms with van der Waals surface area (Å²) in [6, 6.07) is 6.04. The molecule has 2 atom stereocenters. The maximum atomic E-state index is 12.8. The van der Waals surface area contributed by atoms with Crippen LogP contribution in [-0.2, 0) is 27.5 Å². The van der Waals surface area contributed by atoms with Gasteiger partial charge in [0.2, 0.25) is 0 Å². The van der Waals surface area contributed by atoms with E-state index in [1.165, 1.54) is 0 Å². The van der Waals surface area contributed by atoms with E-state index in [1.807, 2.05) is 55.8 Å². The van der Waals surface area contributed by atoms with Crippen molar-refractivity contribution in [2.24, 2.45) is 11.7 Å². The summed E-state index contributed by atoms with van der Waals surface area (Å²) in [5.74, 6) is 1.46. The largest absolute Gasteiger partial charge is 0.493 e. The van der Waals surface area contributed by atoms with Crippen molar-refractivity contribution in [1.82, 2.24) is 14.9 Å². The van der Waals surface area contributed by atoms with Crippen LogP contribution in [0.15, 0.2) is 49.7 Å². The highest BCUT2D eigenvalue weighted by Gasteiger charge is 2.25. The molecule has 2 rings (SSSR count). The Bertz CT molecular complexity index is 1230. The number of imidazole rings is 1. The number of amides is 2. The van der Waals surface area contributed by atoms with Crippen LogP contribution in [0.4, 0.5) is 9.59 Å². The molecule has 0 aliphatic heterocycles.